The first-order valence-corrected chi connectivity index (χ1v) is 7.15. The number of hydrogen-bond acceptors (Lipinski definition) is 3. The zero-order chi connectivity index (χ0) is 10.8. The van der Waals surface area contributed by atoms with Crippen molar-refractivity contribution in [2.45, 2.75) is 0 Å². The average Bonchev–Trinajstić information content (AvgIpc) is 2.15. The van der Waals surface area contributed by atoms with Crippen LogP contribution >= 0.6 is 0 Å². The second kappa shape index (κ2) is 4.09. The second-order valence-electron chi connectivity index (χ2n) is 2.58. The third-order valence-corrected chi connectivity index (χ3v) is 3.70. The molecular weight excluding hydrogens is 251 g/mol. The van der Waals surface area contributed by atoms with Gasteiger partial charge in [-0.2, -0.15) is 0 Å². The summed E-state index contributed by atoms with van der Waals surface area (Å²) in [5, 5.41) is 0. The van der Waals surface area contributed by atoms with Crippen LogP contribution in [0, 0.1) is 0 Å². The van der Waals surface area contributed by atoms with E-state index in [0.717, 1.165) is 0 Å². The summed E-state index contributed by atoms with van der Waals surface area (Å²) in [5.41, 5.74) is 0. The predicted molar refractivity (Wildman–Crippen MR) is 50.1 cm³/mol. The van der Waals surface area contributed by atoms with Gasteiger partial charge < -0.3 is 0 Å². The van der Waals surface area contributed by atoms with Gasteiger partial charge in [0.15, 0.2) is 0 Å². The Bertz CT molecular complexity index is 370. The van der Waals surface area contributed by atoms with Crippen molar-refractivity contribution in [3.8, 4) is 11.5 Å². The van der Waals surface area contributed by atoms with Crippen LogP contribution in [0.1, 0.15) is 0 Å². The van der Waals surface area contributed by atoms with Gasteiger partial charge >= 0.3 is 83.8 Å². The Labute approximate surface area is 84.3 Å². The third-order valence-electron chi connectivity index (χ3n) is 1.70. The van der Waals surface area contributed by atoms with E-state index in [9.17, 15) is 3.74 Å². The molecule has 0 spiro atoms. The zero-order valence-corrected chi connectivity index (χ0v) is 9.68. The molecule has 0 fully saturated rings. The van der Waals surface area contributed by atoms with Crippen molar-refractivity contribution in [3.05, 3.63) is 18.2 Å². The molecule has 1 rings (SSSR count). The van der Waals surface area contributed by atoms with Crippen molar-refractivity contribution in [1.29, 1.82) is 0 Å². The summed E-state index contributed by atoms with van der Waals surface area (Å²) in [7, 11) is 2.87. The normalized spacial score (nSPS) is 11.1. The molecule has 0 aliphatic carbocycles. The van der Waals surface area contributed by atoms with Crippen LogP contribution in [0.3, 0.4) is 0 Å². The summed E-state index contributed by atoms with van der Waals surface area (Å²) in [6.07, 6.45) is 0. The molecular formula is C8H11AsO5. The Morgan fingerprint density at radius 1 is 1.14 bits per heavy atom. The Hall–Kier alpha value is -0.902. The van der Waals surface area contributed by atoms with Gasteiger partial charge in [-0.3, -0.25) is 0 Å². The van der Waals surface area contributed by atoms with E-state index in [0.29, 0.717) is 11.5 Å². The van der Waals surface area contributed by atoms with Gasteiger partial charge in [0.2, 0.25) is 0 Å². The minimum absolute atomic E-state index is 0.0271. The third kappa shape index (κ3) is 2.32. The quantitative estimate of drug-likeness (QED) is 0.702. The molecule has 5 nitrogen and oxygen atoms in total. The summed E-state index contributed by atoms with van der Waals surface area (Å²) in [6, 6.07) is 4.09. The van der Waals surface area contributed by atoms with Crippen molar-refractivity contribution in [3.63, 3.8) is 0 Å². The molecule has 0 aromatic heterocycles. The van der Waals surface area contributed by atoms with Crippen molar-refractivity contribution in [2.75, 3.05) is 14.2 Å². The number of rotatable bonds is 3. The molecule has 6 heteroatoms. The molecule has 0 bridgehead atoms. The summed E-state index contributed by atoms with van der Waals surface area (Å²) in [5.74, 6) is 0.759. The molecule has 0 atom stereocenters. The molecule has 0 saturated carbocycles. The molecule has 1 aromatic rings. The SMILES string of the molecule is COc1ccc([As](=O)(O)O)cc1OC. The van der Waals surface area contributed by atoms with E-state index in [1.165, 1.54) is 32.4 Å². The van der Waals surface area contributed by atoms with Crippen LogP contribution in [0.5, 0.6) is 11.5 Å². The van der Waals surface area contributed by atoms with Gasteiger partial charge in [-0.1, -0.05) is 0 Å². The second-order valence-corrected chi connectivity index (χ2v) is 5.95. The van der Waals surface area contributed by atoms with Crippen molar-refractivity contribution in [2.24, 2.45) is 0 Å². The Kier molecular flexibility index (Phi) is 3.26. The number of ether oxygens (including phenoxy) is 2. The van der Waals surface area contributed by atoms with Crippen molar-refractivity contribution in [1.82, 2.24) is 0 Å². The predicted octanol–water partition coefficient (Wildman–Crippen LogP) is -0.735. The van der Waals surface area contributed by atoms with Gasteiger partial charge in [0.05, 0.1) is 0 Å². The fourth-order valence-electron chi connectivity index (χ4n) is 1.01. The van der Waals surface area contributed by atoms with Gasteiger partial charge in [0.25, 0.3) is 0 Å². The molecule has 0 aliphatic heterocycles. The first-order chi connectivity index (χ1) is 6.49. The van der Waals surface area contributed by atoms with Crippen LogP contribution in [0.4, 0.5) is 0 Å². The van der Waals surface area contributed by atoms with E-state index in [1.54, 1.807) is 0 Å². The van der Waals surface area contributed by atoms with E-state index < -0.39 is 14.2 Å². The number of benzene rings is 1. The maximum atomic E-state index is 11.0. The molecule has 0 unspecified atom stereocenters. The van der Waals surface area contributed by atoms with Crippen LogP contribution in [-0.2, 0) is 3.74 Å². The standard InChI is InChI=1S/C8H11AsO5/c1-13-7-4-3-6(9(10,11)12)5-8(7)14-2/h3-5H,1-2H3,(H2,10,11,12). The molecule has 2 N–H and O–H groups in total. The summed E-state index contributed by atoms with van der Waals surface area (Å²) in [6.45, 7) is 0. The fraction of sp³-hybridized carbons (Fsp3) is 0.250. The Morgan fingerprint density at radius 3 is 2.14 bits per heavy atom. The van der Waals surface area contributed by atoms with E-state index >= 15 is 0 Å². The number of hydrogen-bond donors (Lipinski definition) is 2. The van der Waals surface area contributed by atoms with E-state index in [4.69, 9.17) is 17.7 Å². The van der Waals surface area contributed by atoms with Crippen LogP contribution in [0.15, 0.2) is 18.2 Å². The summed E-state index contributed by atoms with van der Waals surface area (Å²) < 4.78 is 38.7. The van der Waals surface area contributed by atoms with Gasteiger partial charge in [0, 0.05) is 0 Å². The summed E-state index contributed by atoms with van der Waals surface area (Å²) in [4.78, 5) is 0. The van der Waals surface area contributed by atoms with Crippen molar-refractivity contribution < 1.29 is 21.4 Å². The van der Waals surface area contributed by atoms with E-state index in [2.05, 4.69) is 0 Å². The zero-order valence-electron chi connectivity index (χ0n) is 7.80. The van der Waals surface area contributed by atoms with Crippen molar-refractivity contribution >= 4 is 18.5 Å². The van der Waals surface area contributed by atoms with E-state index in [1.807, 2.05) is 0 Å². The molecule has 0 radical (unpaired) electrons. The molecule has 1 aromatic carbocycles. The van der Waals surface area contributed by atoms with Crippen LogP contribution in [-0.4, -0.2) is 36.6 Å². The average molecular weight is 262 g/mol. The molecule has 78 valence electrons. The monoisotopic (exact) mass is 262 g/mol. The molecule has 0 heterocycles. The Morgan fingerprint density at radius 2 is 1.71 bits per heavy atom. The first-order valence-electron chi connectivity index (χ1n) is 3.77. The Balaban J connectivity index is 3.21. The fourth-order valence-corrected chi connectivity index (χ4v) is 2.17. The molecule has 0 amide bonds. The minimum atomic E-state index is -4.83. The van der Waals surface area contributed by atoms with Gasteiger partial charge in [0.1, 0.15) is 0 Å². The molecule has 0 aliphatic rings. The summed E-state index contributed by atoms with van der Waals surface area (Å²) >= 11 is -4.83. The maximum absolute atomic E-state index is 11.0. The van der Waals surface area contributed by atoms with Gasteiger partial charge in [-0.05, 0) is 0 Å². The molecule has 0 saturated heterocycles. The van der Waals surface area contributed by atoms with Gasteiger partial charge in [-0.25, -0.2) is 0 Å². The van der Waals surface area contributed by atoms with Crippen LogP contribution in [0.2, 0.25) is 0 Å². The number of methoxy groups -OCH3 is 2. The molecule has 14 heavy (non-hydrogen) atoms. The van der Waals surface area contributed by atoms with Gasteiger partial charge in [-0.15, -0.1) is 0 Å². The van der Waals surface area contributed by atoms with Crippen LogP contribution < -0.4 is 13.8 Å². The van der Waals surface area contributed by atoms with Crippen LogP contribution in [0.25, 0.3) is 0 Å². The first kappa shape index (κ1) is 11.2. The van der Waals surface area contributed by atoms with E-state index in [-0.39, 0.29) is 4.35 Å². The topological polar surface area (TPSA) is 76.0 Å².